The minimum Gasteiger partial charge on any atom is -0.482 e. The predicted octanol–water partition coefficient (Wildman–Crippen LogP) is 5.50. The van der Waals surface area contributed by atoms with Crippen LogP contribution in [0.5, 0.6) is 5.75 Å². The predicted molar refractivity (Wildman–Crippen MR) is 178 cm³/mol. The van der Waals surface area contributed by atoms with Gasteiger partial charge in [-0.05, 0) is 103 Å². The highest BCUT2D eigenvalue weighted by Crippen LogP contribution is 2.29. The summed E-state index contributed by atoms with van der Waals surface area (Å²) in [5.41, 5.74) is 3.02. The smallest absolute Gasteiger partial charge is 0.344 e. The molecule has 1 unspecified atom stereocenters. The first-order chi connectivity index (χ1) is 22.3. The van der Waals surface area contributed by atoms with E-state index in [2.05, 4.69) is 38.1 Å². The number of carbonyl (C=O) groups is 2. The molecule has 1 fully saturated rings. The first kappa shape index (κ1) is 35.3. The molecule has 1 aromatic heterocycles. The first-order valence-corrected chi connectivity index (χ1v) is 16.0. The standard InChI is InChI=1S/C36H45FN6O4/c1-24(13-16-39-35(45)34-25(2)40-23-41-26(34)3)42-17-14-30(15-18-42)43(21-28-19-27(20-38)7-12-32(28)37)29-8-10-31(11-9-29)46-22-33(44)47-36(4,5)6/h7-12,19,23-24,30H,13-18,21-22H2,1-6H3,(H,39,45). The van der Waals surface area contributed by atoms with Gasteiger partial charge in [-0.2, -0.15) is 5.26 Å². The van der Waals surface area contributed by atoms with E-state index in [1.165, 1.54) is 18.5 Å². The minimum atomic E-state index is -0.594. The van der Waals surface area contributed by atoms with Crippen molar-refractivity contribution in [3.05, 3.63) is 82.7 Å². The lowest BCUT2D eigenvalue weighted by atomic mass is 9.99. The van der Waals surface area contributed by atoms with Crippen molar-refractivity contribution in [2.45, 2.75) is 85.0 Å². The molecule has 2 aromatic carbocycles. The summed E-state index contributed by atoms with van der Waals surface area (Å²) in [6.07, 6.45) is 3.97. The molecule has 1 saturated heterocycles. The van der Waals surface area contributed by atoms with Crippen molar-refractivity contribution in [3.8, 4) is 11.8 Å². The van der Waals surface area contributed by atoms with Crippen LogP contribution in [0, 0.1) is 31.0 Å². The van der Waals surface area contributed by atoms with Gasteiger partial charge < -0.3 is 24.6 Å². The van der Waals surface area contributed by atoms with Gasteiger partial charge in [0.05, 0.1) is 28.6 Å². The van der Waals surface area contributed by atoms with E-state index in [4.69, 9.17) is 9.47 Å². The zero-order valence-electron chi connectivity index (χ0n) is 28.2. The van der Waals surface area contributed by atoms with Gasteiger partial charge in [0.2, 0.25) is 0 Å². The van der Waals surface area contributed by atoms with Crippen LogP contribution in [0.1, 0.15) is 79.8 Å². The number of halogens is 1. The number of likely N-dealkylation sites (tertiary alicyclic amines) is 1. The first-order valence-electron chi connectivity index (χ1n) is 16.0. The highest BCUT2D eigenvalue weighted by atomic mass is 19.1. The van der Waals surface area contributed by atoms with E-state index in [1.54, 1.807) is 39.0 Å². The van der Waals surface area contributed by atoms with Crippen molar-refractivity contribution in [1.82, 2.24) is 20.2 Å². The Morgan fingerprint density at radius 1 is 1.11 bits per heavy atom. The molecule has 0 saturated carbocycles. The molecular weight excluding hydrogens is 599 g/mol. The van der Waals surface area contributed by atoms with Crippen molar-refractivity contribution >= 4 is 17.6 Å². The van der Waals surface area contributed by atoms with Gasteiger partial charge in [-0.1, -0.05) is 0 Å². The maximum absolute atomic E-state index is 15.0. The molecule has 1 aliphatic rings. The maximum atomic E-state index is 15.0. The van der Waals surface area contributed by atoms with E-state index in [9.17, 15) is 19.2 Å². The number of benzene rings is 2. The van der Waals surface area contributed by atoms with Crippen LogP contribution in [0.25, 0.3) is 0 Å². The molecule has 3 aromatic rings. The second-order valence-corrected chi connectivity index (χ2v) is 13.0. The normalized spacial score (nSPS) is 14.6. The van der Waals surface area contributed by atoms with Crippen molar-refractivity contribution in [3.63, 3.8) is 0 Å². The number of nitrogens with zero attached hydrogens (tertiary/aromatic N) is 5. The second kappa shape index (κ2) is 15.8. The molecule has 1 amide bonds. The molecule has 10 nitrogen and oxygen atoms in total. The number of aryl methyl sites for hydroxylation is 2. The number of hydrogen-bond donors (Lipinski definition) is 1. The molecule has 2 heterocycles. The fourth-order valence-electron chi connectivity index (χ4n) is 5.85. The Kier molecular flexibility index (Phi) is 11.9. The van der Waals surface area contributed by atoms with Crippen LogP contribution in [0.4, 0.5) is 10.1 Å². The summed E-state index contributed by atoms with van der Waals surface area (Å²) in [4.78, 5) is 37.8. The SMILES string of the molecule is Cc1ncnc(C)c1C(=O)NCCC(C)N1CCC(N(Cc2cc(C#N)ccc2F)c2ccc(OCC(=O)OC(C)(C)C)cc2)CC1. The Balaban J connectivity index is 1.39. The third-order valence-corrected chi connectivity index (χ3v) is 8.32. The molecule has 0 spiro atoms. The van der Waals surface area contributed by atoms with Crippen LogP contribution in [0.15, 0.2) is 48.8 Å². The fourth-order valence-corrected chi connectivity index (χ4v) is 5.85. The number of anilines is 1. The molecule has 4 rings (SSSR count). The Bertz CT molecular complexity index is 1560. The van der Waals surface area contributed by atoms with E-state index in [-0.39, 0.29) is 30.4 Å². The summed E-state index contributed by atoms with van der Waals surface area (Å²) in [6, 6.07) is 14.3. The van der Waals surface area contributed by atoms with Crippen LogP contribution in [0.2, 0.25) is 0 Å². The van der Waals surface area contributed by atoms with Gasteiger partial charge >= 0.3 is 5.97 Å². The van der Waals surface area contributed by atoms with E-state index in [0.717, 1.165) is 38.0 Å². The number of nitrogens with one attached hydrogen (secondary N) is 1. The third-order valence-electron chi connectivity index (χ3n) is 8.32. The number of amides is 1. The summed E-state index contributed by atoms with van der Waals surface area (Å²) < 4.78 is 25.9. The van der Waals surface area contributed by atoms with E-state index < -0.39 is 11.6 Å². The number of piperidine rings is 1. The number of ether oxygens (including phenoxy) is 2. The van der Waals surface area contributed by atoms with Gasteiger partial charge in [0.15, 0.2) is 6.61 Å². The molecule has 11 heteroatoms. The summed E-state index contributed by atoms with van der Waals surface area (Å²) in [7, 11) is 0. The van der Waals surface area contributed by atoms with Gasteiger partial charge in [-0.25, -0.2) is 19.2 Å². The molecule has 47 heavy (non-hydrogen) atoms. The molecule has 0 aliphatic carbocycles. The summed E-state index contributed by atoms with van der Waals surface area (Å²) in [5.74, 6) is -0.434. The second-order valence-electron chi connectivity index (χ2n) is 13.0. The lowest BCUT2D eigenvalue weighted by Crippen LogP contribution is -2.48. The number of nitriles is 1. The lowest BCUT2D eigenvalue weighted by Gasteiger charge is -2.42. The van der Waals surface area contributed by atoms with Gasteiger partial charge in [0.25, 0.3) is 5.91 Å². The van der Waals surface area contributed by atoms with Gasteiger partial charge in [-0.15, -0.1) is 0 Å². The van der Waals surface area contributed by atoms with Gasteiger partial charge in [0.1, 0.15) is 23.5 Å². The van der Waals surface area contributed by atoms with Crippen molar-refractivity contribution < 1.29 is 23.5 Å². The Morgan fingerprint density at radius 2 is 1.77 bits per heavy atom. The highest BCUT2D eigenvalue weighted by Gasteiger charge is 2.28. The monoisotopic (exact) mass is 644 g/mol. The molecule has 1 atom stereocenters. The van der Waals surface area contributed by atoms with Crippen LogP contribution >= 0.6 is 0 Å². The molecule has 0 radical (unpaired) electrons. The van der Waals surface area contributed by atoms with Crippen LogP contribution < -0.4 is 15.0 Å². The fraction of sp³-hybridized carbons (Fsp3) is 0.472. The summed E-state index contributed by atoms with van der Waals surface area (Å²) in [6.45, 7) is 13.5. The van der Waals surface area contributed by atoms with Gasteiger partial charge in [0, 0.05) is 49.5 Å². The quantitative estimate of drug-likeness (QED) is 0.255. The zero-order valence-corrected chi connectivity index (χ0v) is 28.2. The van der Waals surface area contributed by atoms with Crippen molar-refractivity contribution in [2.75, 3.05) is 31.1 Å². The van der Waals surface area contributed by atoms with Gasteiger partial charge in [-0.3, -0.25) is 4.79 Å². The van der Waals surface area contributed by atoms with E-state index in [0.29, 0.717) is 46.9 Å². The lowest BCUT2D eigenvalue weighted by molar-refractivity contribution is -0.157. The molecule has 1 aliphatic heterocycles. The maximum Gasteiger partial charge on any atom is 0.344 e. The molecular formula is C36H45FN6O4. The Hall–Kier alpha value is -4.56. The van der Waals surface area contributed by atoms with Crippen LogP contribution in [-0.4, -0.2) is 70.7 Å². The topological polar surface area (TPSA) is 121 Å². The van der Waals surface area contributed by atoms with Crippen LogP contribution in [-0.2, 0) is 16.1 Å². The number of carbonyl (C=O) groups excluding carboxylic acids is 2. The van der Waals surface area contributed by atoms with Crippen LogP contribution in [0.3, 0.4) is 0 Å². The zero-order chi connectivity index (χ0) is 34.1. The molecule has 0 bridgehead atoms. The summed E-state index contributed by atoms with van der Waals surface area (Å²) >= 11 is 0. The number of rotatable bonds is 12. The minimum absolute atomic E-state index is 0.126. The largest absolute Gasteiger partial charge is 0.482 e. The van der Waals surface area contributed by atoms with E-state index >= 15 is 0 Å². The molecule has 1 N–H and O–H groups in total. The highest BCUT2D eigenvalue weighted by molar-refractivity contribution is 5.96. The number of hydrogen-bond acceptors (Lipinski definition) is 9. The average molecular weight is 645 g/mol. The van der Waals surface area contributed by atoms with E-state index in [1.807, 2.05) is 26.0 Å². The Labute approximate surface area is 276 Å². The molecule has 250 valence electrons. The number of esters is 1. The average Bonchev–Trinajstić information content (AvgIpc) is 3.03. The van der Waals surface area contributed by atoms with Crippen molar-refractivity contribution in [2.24, 2.45) is 0 Å². The van der Waals surface area contributed by atoms with Crippen molar-refractivity contribution in [1.29, 1.82) is 5.26 Å². The summed E-state index contributed by atoms with van der Waals surface area (Å²) in [5, 5.41) is 12.4. The third kappa shape index (κ3) is 9.96. The number of aromatic nitrogens is 2. The Morgan fingerprint density at radius 3 is 2.38 bits per heavy atom.